The number of nitrogens with zero attached hydrogens (tertiary/aromatic N) is 3. The van der Waals surface area contributed by atoms with Crippen molar-refractivity contribution in [2.24, 2.45) is 0 Å². The van der Waals surface area contributed by atoms with Crippen molar-refractivity contribution in [1.82, 2.24) is 20.1 Å². The van der Waals surface area contributed by atoms with Gasteiger partial charge in [0.05, 0.1) is 5.56 Å². The number of rotatable bonds is 4. The summed E-state index contributed by atoms with van der Waals surface area (Å²) in [4.78, 5) is 12.0. The second-order valence-corrected chi connectivity index (χ2v) is 5.37. The molecule has 0 aliphatic carbocycles. The van der Waals surface area contributed by atoms with Crippen molar-refractivity contribution >= 4 is 5.91 Å². The van der Waals surface area contributed by atoms with E-state index >= 15 is 0 Å². The van der Waals surface area contributed by atoms with E-state index in [0.717, 1.165) is 43.2 Å². The van der Waals surface area contributed by atoms with Gasteiger partial charge in [-0.3, -0.25) is 4.79 Å². The van der Waals surface area contributed by atoms with Crippen molar-refractivity contribution in [1.29, 1.82) is 0 Å². The number of nitrogens with one attached hydrogen (secondary N) is 1. The number of alkyl halides is 3. The number of halogens is 3. The van der Waals surface area contributed by atoms with Crippen LogP contribution in [0.4, 0.5) is 13.2 Å². The third kappa shape index (κ3) is 3.35. The second-order valence-electron chi connectivity index (χ2n) is 5.37. The number of hydrogen-bond donors (Lipinski definition) is 1. The van der Waals surface area contributed by atoms with Gasteiger partial charge in [-0.1, -0.05) is 6.07 Å². The summed E-state index contributed by atoms with van der Waals surface area (Å²) < 4.78 is 40.0. The fourth-order valence-corrected chi connectivity index (χ4v) is 2.62. The zero-order valence-electron chi connectivity index (χ0n) is 12.2. The van der Waals surface area contributed by atoms with Crippen LogP contribution in [0, 0.1) is 0 Å². The number of aryl methyl sites for hydroxylation is 1. The van der Waals surface area contributed by atoms with E-state index < -0.39 is 17.6 Å². The van der Waals surface area contributed by atoms with Crippen molar-refractivity contribution in [3.8, 4) is 0 Å². The Hall–Kier alpha value is -2.38. The zero-order chi connectivity index (χ0) is 16.4. The van der Waals surface area contributed by atoms with Crippen LogP contribution in [0.5, 0.6) is 0 Å². The number of carbonyl (C=O) groups excluding carboxylic acids is 1. The Bertz CT molecular complexity index is 724. The first-order valence-corrected chi connectivity index (χ1v) is 7.31. The summed E-state index contributed by atoms with van der Waals surface area (Å²) in [6, 6.07) is 4.38. The number of hydrogen-bond acceptors (Lipinski definition) is 3. The van der Waals surface area contributed by atoms with Gasteiger partial charge in [0.15, 0.2) is 0 Å². The lowest BCUT2D eigenvalue weighted by Crippen LogP contribution is -2.26. The third-order valence-electron chi connectivity index (χ3n) is 3.77. The highest BCUT2D eigenvalue weighted by Crippen LogP contribution is 2.29. The molecule has 0 bridgehead atoms. The molecule has 122 valence electrons. The molecule has 23 heavy (non-hydrogen) atoms. The molecule has 2 aromatic rings. The van der Waals surface area contributed by atoms with Gasteiger partial charge in [-0.25, -0.2) is 0 Å². The van der Waals surface area contributed by atoms with Crippen LogP contribution in [0.3, 0.4) is 0 Å². The Morgan fingerprint density at radius 1 is 1.30 bits per heavy atom. The predicted octanol–water partition coefficient (Wildman–Crippen LogP) is 2.22. The number of benzene rings is 1. The number of carbonyl (C=O) groups is 1. The number of aromatic nitrogens is 3. The first kappa shape index (κ1) is 15.5. The molecular formula is C15H15F3N4O. The molecule has 1 aromatic carbocycles. The van der Waals surface area contributed by atoms with Crippen molar-refractivity contribution in [3.63, 3.8) is 0 Å². The lowest BCUT2D eigenvalue weighted by atomic mass is 10.1. The van der Waals surface area contributed by atoms with Crippen LogP contribution in [0.15, 0.2) is 24.3 Å². The van der Waals surface area contributed by atoms with E-state index in [1.165, 1.54) is 12.1 Å². The number of amides is 1. The van der Waals surface area contributed by atoms with Gasteiger partial charge in [0.25, 0.3) is 5.91 Å². The van der Waals surface area contributed by atoms with E-state index in [0.29, 0.717) is 13.0 Å². The highest BCUT2D eigenvalue weighted by Gasteiger charge is 2.30. The molecule has 2 heterocycles. The first-order chi connectivity index (χ1) is 10.9. The molecule has 0 saturated carbocycles. The van der Waals surface area contributed by atoms with Crippen LogP contribution in [0.2, 0.25) is 0 Å². The van der Waals surface area contributed by atoms with Gasteiger partial charge in [0.2, 0.25) is 0 Å². The lowest BCUT2D eigenvalue weighted by molar-refractivity contribution is -0.137. The van der Waals surface area contributed by atoms with Gasteiger partial charge in [-0.15, -0.1) is 10.2 Å². The maximum Gasteiger partial charge on any atom is 0.416 e. The van der Waals surface area contributed by atoms with Crippen LogP contribution in [0.1, 0.15) is 34.0 Å². The van der Waals surface area contributed by atoms with Crippen LogP contribution in [-0.2, 0) is 25.6 Å². The van der Waals surface area contributed by atoms with Gasteiger partial charge in [-0.05, 0) is 24.6 Å². The Morgan fingerprint density at radius 3 is 2.91 bits per heavy atom. The summed E-state index contributed by atoms with van der Waals surface area (Å²) >= 11 is 0. The maximum atomic E-state index is 12.6. The monoisotopic (exact) mass is 324 g/mol. The summed E-state index contributed by atoms with van der Waals surface area (Å²) in [5, 5.41) is 10.8. The van der Waals surface area contributed by atoms with Crippen LogP contribution in [-0.4, -0.2) is 27.2 Å². The summed E-state index contributed by atoms with van der Waals surface area (Å²) in [7, 11) is 0. The smallest absolute Gasteiger partial charge is 0.352 e. The first-order valence-electron chi connectivity index (χ1n) is 7.31. The predicted molar refractivity (Wildman–Crippen MR) is 75.8 cm³/mol. The second kappa shape index (κ2) is 6.02. The maximum absolute atomic E-state index is 12.6. The van der Waals surface area contributed by atoms with Crippen LogP contribution in [0.25, 0.3) is 0 Å². The van der Waals surface area contributed by atoms with E-state index in [1.807, 2.05) is 4.57 Å². The Kier molecular flexibility index (Phi) is 4.06. The average Bonchev–Trinajstić information content (AvgIpc) is 3.11. The van der Waals surface area contributed by atoms with E-state index in [4.69, 9.17) is 0 Å². The van der Waals surface area contributed by atoms with E-state index in [-0.39, 0.29) is 5.56 Å². The molecule has 1 aliphatic rings. The molecule has 1 amide bonds. The van der Waals surface area contributed by atoms with Crippen molar-refractivity contribution in [2.75, 3.05) is 6.54 Å². The molecule has 1 aromatic heterocycles. The normalized spacial score (nSPS) is 13.9. The third-order valence-corrected chi connectivity index (χ3v) is 3.77. The minimum atomic E-state index is -4.46. The average molecular weight is 324 g/mol. The van der Waals surface area contributed by atoms with E-state index in [1.54, 1.807) is 0 Å². The van der Waals surface area contributed by atoms with Crippen molar-refractivity contribution in [2.45, 2.75) is 32.0 Å². The molecule has 0 saturated heterocycles. The quantitative estimate of drug-likeness (QED) is 0.938. The molecule has 1 aliphatic heterocycles. The molecule has 8 heteroatoms. The lowest BCUT2D eigenvalue weighted by Gasteiger charge is -2.09. The zero-order valence-corrected chi connectivity index (χ0v) is 12.2. The molecule has 0 spiro atoms. The molecule has 3 rings (SSSR count). The van der Waals surface area contributed by atoms with Gasteiger partial charge in [0.1, 0.15) is 11.6 Å². The van der Waals surface area contributed by atoms with Crippen LogP contribution < -0.4 is 5.32 Å². The summed E-state index contributed by atoms with van der Waals surface area (Å²) in [5.74, 6) is 1.21. The van der Waals surface area contributed by atoms with Gasteiger partial charge in [0, 0.05) is 31.5 Å². The fourth-order valence-electron chi connectivity index (χ4n) is 2.62. The summed E-state index contributed by atoms with van der Waals surface area (Å²) in [5.41, 5.74) is -0.841. The van der Waals surface area contributed by atoms with E-state index in [9.17, 15) is 18.0 Å². The van der Waals surface area contributed by atoms with Crippen LogP contribution >= 0.6 is 0 Å². The van der Waals surface area contributed by atoms with E-state index in [2.05, 4.69) is 15.5 Å². The molecule has 5 nitrogen and oxygen atoms in total. The van der Waals surface area contributed by atoms with Gasteiger partial charge in [-0.2, -0.15) is 13.2 Å². The SMILES string of the molecule is O=C(NCCc1nnc2n1CCC2)c1cccc(C(F)(F)F)c1. The highest BCUT2D eigenvalue weighted by atomic mass is 19.4. The highest BCUT2D eigenvalue weighted by molar-refractivity contribution is 5.94. The van der Waals surface area contributed by atoms with Crippen molar-refractivity contribution in [3.05, 3.63) is 47.0 Å². The Morgan fingerprint density at radius 2 is 2.13 bits per heavy atom. The molecule has 0 atom stereocenters. The summed E-state index contributed by atoms with van der Waals surface area (Å²) in [6.45, 7) is 1.17. The van der Waals surface area contributed by atoms with Gasteiger partial charge < -0.3 is 9.88 Å². The molecule has 0 radical (unpaired) electrons. The Labute approximate surface area is 130 Å². The minimum absolute atomic E-state index is 0.00806. The standard InChI is InChI=1S/C15H15F3N4O/c16-15(17,18)11-4-1-3-10(9-11)14(23)19-7-6-13-21-20-12-5-2-8-22(12)13/h1,3-4,9H,2,5-8H2,(H,19,23). The number of fused-ring (bicyclic) bond motifs is 1. The molecule has 1 N–H and O–H groups in total. The topological polar surface area (TPSA) is 59.8 Å². The molecule has 0 fully saturated rings. The van der Waals surface area contributed by atoms with Gasteiger partial charge >= 0.3 is 6.18 Å². The Balaban J connectivity index is 1.59. The minimum Gasteiger partial charge on any atom is -0.352 e. The van der Waals surface area contributed by atoms with Crippen molar-refractivity contribution < 1.29 is 18.0 Å². The largest absolute Gasteiger partial charge is 0.416 e. The summed E-state index contributed by atoms with van der Waals surface area (Å²) in [6.07, 6.45) is -2.02. The molecular weight excluding hydrogens is 309 g/mol. The fraction of sp³-hybridized carbons (Fsp3) is 0.400. The molecule has 0 unspecified atom stereocenters.